The van der Waals surface area contributed by atoms with Crippen LogP contribution >= 0.6 is 11.6 Å². The maximum atomic E-state index is 5.79. The predicted molar refractivity (Wildman–Crippen MR) is 67.3 cm³/mol. The number of aromatic nitrogens is 1. The Kier molecular flexibility index (Phi) is 5.13. The van der Waals surface area contributed by atoms with E-state index < -0.39 is 0 Å². The molecule has 1 aromatic heterocycles. The number of benzene rings is 1. The van der Waals surface area contributed by atoms with Gasteiger partial charge in [-0.25, -0.2) is 0 Å². The van der Waals surface area contributed by atoms with Crippen LogP contribution in [0.2, 0.25) is 5.02 Å². The van der Waals surface area contributed by atoms with E-state index in [9.17, 15) is 0 Å². The van der Waals surface area contributed by atoms with Crippen LogP contribution in [0.4, 0.5) is 0 Å². The third-order valence-corrected chi connectivity index (χ3v) is 2.30. The molecule has 0 fully saturated rings. The molecule has 80 valence electrons. The standard InChI is InChI=1S/C9H6ClN.C4H10/c10-8-3-4-9-7(6-8)2-1-5-11-9;1-3-4-2/h1-6H;3-4H2,1-2H3. The number of pyridine rings is 1. The van der Waals surface area contributed by atoms with E-state index in [1.54, 1.807) is 6.20 Å². The van der Waals surface area contributed by atoms with Crippen LogP contribution in [-0.2, 0) is 0 Å². The topological polar surface area (TPSA) is 12.9 Å². The number of fused-ring (bicyclic) bond motifs is 1. The van der Waals surface area contributed by atoms with Gasteiger partial charge in [0, 0.05) is 16.6 Å². The molecule has 0 amide bonds. The van der Waals surface area contributed by atoms with Crippen LogP contribution in [-0.4, -0.2) is 4.98 Å². The van der Waals surface area contributed by atoms with Gasteiger partial charge < -0.3 is 0 Å². The van der Waals surface area contributed by atoms with Crippen molar-refractivity contribution in [1.29, 1.82) is 0 Å². The molecular formula is C13H16ClN. The van der Waals surface area contributed by atoms with Crippen molar-refractivity contribution < 1.29 is 0 Å². The van der Waals surface area contributed by atoms with Crippen LogP contribution in [0.5, 0.6) is 0 Å². The molecule has 0 aliphatic heterocycles. The summed E-state index contributed by atoms with van der Waals surface area (Å²) in [5.74, 6) is 0. The number of hydrogen-bond acceptors (Lipinski definition) is 1. The average molecular weight is 222 g/mol. The van der Waals surface area contributed by atoms with Crippen molar-refractivity contribution in [1.82, 2.24) is 4.98 Å². The van der Waals surface area contributed by atoms with Gasteiger partial charge in [0.05, 0.1) is 5.52 Å². The summed E-state index contributed by atoms with van der Waals surface area (Å²) >= 11 is 5.79. The maximum absolute atomic E-state index is 5.79. The predicted octanol–water partition coefficient (Wildman–Crippen LogP) is 4.69. The molecule has 2 rings (SSSR count). The summed E-state index contributed by atoms with van der Waals surface area (Å²) in [6.45, 7) is 4.36. The van der Waals surface area contributed by atoms with Gasteiger partial charge in [-0.15, -0.1) is 0 Å². The molecular weight excluding hydrogens is 206 g/mol. The smallest absolute Gasteiger partial charge is 0.0702 e. The van der Waals surface area contributed by atoms with Gasteiger partial charge in [-0.3, -0.25) is 4.98 Å². The molecule has 0 bridgehead atoms. The lowest BCUT2D eigenvalue weighted by Crippen LogP contribution is -1.75. The van der Waals surface area contributed by atoms with Crippen molar-refractivity contribution in [2.45, 2.75) is 26.7 Å². The minimum Gasteiger partial charge on any atom is -0.256 e. The highest BCUT2D eigenvalue weighted by Crippen LogP contribution is 2.16. The minimum atomic E-state index is 0.755. The lowest BCUT2D eigenvalue weighted by atomic mass is 10.2. The molecule has 0 unspecified atom stereocenters. The molecule has 0 N–H and O–H groups in total. The number of halogens is 1. The normalized spacial score (nSPS) is 9.53. The number of unbranched alkanes of at least 4 members (excludes halogenated alkanes) is 1. The zero-order valence-corrected chi connectivity index (χ0v) is 9.96. The van der Waals surface area contributed by atoms with Crippen LogP contribution in [0.25, 0.3) is 10.9 Å². The zero-order chi connectivity index (χ0) is 11.1. The van der Waals surface area contributed by atoms with Crippen molar-refractivity contribution in [3.63, 3.8) is 0 Å². The summed E-state index contributed by atoms with van der Waals surface area (Å²) in [6.07, 6.45) is 4.41. The zero-order valence-electron chi connectivity index (χ0n) is 9.20. The monoisotopic (exact) mass is 221 g/mol. The second kappa shape index (κ2) is 6.41. The summed E-state index contributed by atoms with van der Waals surface area (Å²) < 4.78 is 0. The van der Waals surface area contributed by atoms with Gasteiger partial charge in [-0.2, -0.15) is 0 Å². The Morgan fingerprint density at radius 2 is 1.87 bits per heavy atom. The molecule has 0 saturated heterocycles. The Bertz CT molecular complexity index is 410. The third kappa shape index (κ3) is 3.88. The van der Waals surface area contributed by atoms with Gasteiger partial charge >= 0.3 is 0 Å². The highest BCUT2D eigenvalue weighted by molar-refractivity contribution is 6.31. The van der Waals surface area contributed by atoms with Crippen molar-refractivity contribution >= 4 is 22.5 Å². The molecule has 0 aliphatic carbocycles. The molecule has 1 aromatic carbocycles. The van der Waals surface area contributed by atoms with E-state index >= 15 is 0 Å². The van der Waals surface area contributed by atoms with Crippen molar-refractivity contribution in [2.75, 3.05) is 0 Å². The largest absolute Gasteiger partial charge is 0.256 e. The van der Waals surface area contributed by atoms with Crippen LogP contribution in [0.1, 0.15) is 26.7 Å². The summed E-state index contributed by atoms with van der Waals surface area (Å²) in [6, 6.07) is 9.56. The Labute approximate surface area is 96.1 Å². The Hall–Kier alpha value is -1.08. The van der Waals surface area contributed by atoms with Gasteiger partial charge in [0.2, 0.25) is 0 Å². The molecule has 15 heavy (non-hydrogen) atoms. The van der Waals surface area contributed by atoms with Gasteiger partial charge in [-0.1, -0.05) is 44.4 Å². The fourth-order valence-electron chi connectivity index (χ4n) is 1.05. The highest BCUT2D eigenvalue weighted by atomic mass is 35.5. The first-order valence-electron chi connectivity index (χ1n) is 5.28. The molecule has 2 aromatic rings. The molecule has 1 heterocycles. The van der Waals surface area contributed by atoms with E-state index in [2.05, 4.69) is 18.8 Å². The quantitative estimate of drug-likeness (QED) is 0.681. The summed E-state index contributed by atoms with van der Waals surface area (Å²) in [5.41, 5.74) is 0.983. The first-order chi connectivity index (χ1) is 7.27. The summed E-state index contributed by atoms with van der Waals surface area (Å²) in [5, 5.41) is 1.84. The van der Waals surface area contributed by atoms with Gasteiger partial charge in [0.25, 0.3) is 0 Å². The lowest BCUT2D eigenvalue weighted by molar-refractivity contribution is 0.886. The minimum absolute atomic E-state index is 0.755. The van der Waals surface area contributed by atoms with E-state index in [1.807, 2.05) is 30.3 Å². The molecule has 0 spiro atoms. The van der Waals surface area contributed by atoms with Crippen molar-refractivity contribution in [3.05, 3.63) is 41.6 Å². The van der Waals surface area contributed by atoms with Gasteiger partial charge in [0.15, 0.2) is 0 Å². The number of nitrogens with zero attached hydrogens (tertiary/aromatic N) is 1. The fraction of sp³-hybridized carbons (Fsp3) is 0.308. The van der Waals surface area contributed by atoms with Crippen LogP contribution < -0.4 is 0 Å². The average Bonchev–Trinajstić information content (AvgIpc) is 2.29. The Morgan fingerprint density at radius 3 is 2.53 bits per heavy atom. The second-order valence-electron chi connectivity index (χ2n) is 3.34. The van der Waals surface area contributed by atoms with E-state index in [1.165, 1.54) is 12.8 Å². The summed E-state index contributed by atoms with van der Waals surface area (Å²) in [7, 11) is 0. The number of hydrogen-bond donors (Lipinski definition) is 0. The van der Waals surface area contributed by atoms with Gasteiger partial charge in [-0.05, 0) is 24.3 Å². The molecule has 0 radical (unpaired) electrons. The third-order valence-electron chi connectivity index (χ3n) is 2.07. The van der Waals surface area contributed by atoms with E-state index in [-0.39, 0.29) is 0 Å². The highest BCUT2D eigenvalue weighted by Gasteiger charge is 1.92. The van der Waals surface area contributed by atoms with Crippen molar-refractivity contribution in [2.24, 2.45) is 0 Å². The number of rotatable bonds is 1. The molecule has 0 atom stereocenters. The first-order valence-corrected chi connectivity index (χ1v) is 5.66. The van der Waals surface area contributed by atoms with Gasteiger partial charge in [0.1, 0.15) is 0 Å². The second-order valence-corrected chi connectivity index (χ2v) is 3.78. The molecule has 2 heteroatoms. The maximum Gasteiger partial charge on any atom is 0.0702 e. The van der Waals surface area contributed by atoms with E-state index in [0.29, 0.717) is 0 Å². The van der Waals surface area contributed by atoms with E-state index in [4.69, 9.17) is 11.6 Å². The SMILES string of the molecule is CCCC.Clc1ccc2ncccc2c1. The van der Waals surface area contributed by atoms with Crippen molar-refractivity contribution in [3.8, 4) is 0 Å². The molecule has 1 nitrogen and oxygen atoms in total. The van der Waals surface area contributed by atoms with Crippen LogP contribution in [0.15, 0.2) is 36.5 Å². The first kappa shape index (κ1) is 12.0. The Morgan fingerprint density at radius 1 is 1.13 bits per heavy atom. The summed E-state index contributed by atoms with van der Waals surface area (Å²) in [4.78, 5) is 4.16. The van der Waals surface area contributed by atoms with Crippen LogP contribution in [0, 0.1) is 0 Å². The fourth-order valence-corrected chi connectivity index (χ4v) is 1.23. The van der Waals surface area contributed by atoms with E-state index in [0.717, 1.165) is 15.9 Å². The van der Waals surface area contributed by atoms with Crippen LogP contribution in [0.3, 0.4) is 0 Å². The lowest BCUT2D eigenvalue weighted by Gasteiger charge is -1.94. The molecule has 0 saturated carbocycles. The Balaban J connectivity index is 0.000000245. The molecule has 0 aliphatic rings.